The van der Waals surface area contributed by atoms with Crippen LogP contribution in [0.25, 0.3) is 0 Å². The lowest BCUT2D eigenvalue weighted by molar-refractivity contribution is -0.120. The minimum absolute atomic E-state index is 0.0631. The van der Waals surface area contributed by atoms with Crippen LogP contribution in [0.3, 0.4) is 0 Å². The van der Waals surface area contributed by atoms with Crippen molar-refractivity contribution >= 4 is 17.7 Å². The van der Waals surface area contributed by atoms with Gasteiger partial charge in [0.1, 0.15) is 5.25 Å². The average molecular weight is 221 g/mol. The summed E-state index contributed by atoms with van der Waals surface area (Å²) in [6.45, 7) is 0. The molecule has 1 aromatic rings. The van der Waals surface area contributed by atoms with E-state index in [9.17, 15) is 4.79 Å². The molecule has 2 nitrogen and oxygen atoms in total. The lowest BCUT2D eigenvalue weighted by Gasteiger charge is -2.14. The molecule has 15 heavy (non-hydrogen) atoms. The van der Waals surface area contributed by atoms with Crippen LogP contribution in [0.1, 0.15) is 23.7 Å². The second kappa shape index (κ2) is 4.71. The van der Waals surface area contributed by atoms with Crippen LogP contribution in [0.15, 0.2) is 30.3 Å². The Balaban J connectivity index is 2.05. The van der Waals surface area contributed by atoms with Crippen molar-refractivity contribution in [2.45, 2.75) is 24.1 Å². The zero-order chi connectivity index (χ0) is 10.7. The van der Waals surface area contributed by atoms with E-state index in [1.165, 1.54) is 0 Å². The molecule has 0 radical (unpaired) electrons. The Labute approximate surface area is 94.4 Å². The zero-order valence-corrected chi connectivity index (χ0v) is 9.59. The van der Waals surface area contributed by atoms with Gasteiger partial charge in [0.2, 0.25) is 5.91 Å². The summed E-state index contributed by atoms with van der Waals surface area (Å²) in [6.07, 6.45) is 4.26. The second-order valence-electron chi connectivity index (χ2n) is 3.81. The molecule has 1 atom stereocenters. The quantitative estimate of drug-likeness (QED) is 0.845. The van der Waals surface area contributed by atoms with E-state index in [0.29, 0.717) is 6.04 Å². The van der Waals surface area contributed by atoms with E-state index in [2.05, 4.69) is 5.32 Å². The van der Waals surface area contributed by atoms with Gasteiger partial charge in [-0.2, -0.15) is 0 Å². The standard InChI is InChI=1S/C12H15NOS/c1-15-11(9-5-3-2-4-6-9)12(14)13-10-7-8-10/h2-6,10-11H,7-8H2,1H3,(H,13,14). The molecule has 1 aromatic carbocycles. The van der Waals surface area contributed by atoms with E-state index in [4.69, 9.17) is 0 Å². The molecule has 80 valence electrons. The molecule has 1 aliphatic carbocycles. The SMILES string of the molecule is CSC(C(=O)NC1CC1)c1ccccc1. The molecule has 1 aliphatic rings. The van der Waals surface area contributed by atoms with Gasteiger partial charge in [-0.25, -0.2) is 0 Å². The number of carbonyl (C=O) groups is 1. The van der Waals surface area contributed by atoms with Gasteiger partial charge in [0.25, 0.3) is 0 Å². The fourth-order valence-electron chi connectivity index (χ4n) is 1.53. The maximum Gasteiger partial charge on any atom is 0.237 e. The van der Waals surface area contributed by atoms with Crippen LogP contribution < -0.4 is 5.32 Å². The number of hydrogen-bond acceptors (Lipinski definition) is 2. The van der Waals surface area contributed by atoms with Crippen molar-refractivity contribution in [1.82, 2.24) is 5.32 Å². The van der Waals surface area contributed by atoms with Crippen molar-refractivity contribution in [2.24, 2.45) is 0 Å². The van der Waals surface area contributed by atoms with Crippen LogP contribution in [0.5, 0.6) is 0 Å². The Morgan fingerprint density at radius 3 is 2.60 bits per heavy atom. The monoisotopic (exact) mass is 221 g/mol. The fourth-order valence-corrected chi connectivity index (χ4v) is 2.24. The number of nitrogens with one attached hydrogen (secondary N) is 1. The highest BCUT2D eigenvalue weighted by Crippen LogP contribution is 2.28. The molecule has 1 unspecified atom stereocenters. The first-order valence-corrected chi connectivity index (χ1v) is 6.48. The largest absolute Gasteiger partial charge is 0.352 e. The van der Waals surface area contributed by atoms with Gasteiger partial charge >= 0.3 is 0 Å². The maximum absolute atomic E-state index is 11.9. The highest BCUT2D eigenvalue weighted by Gasteiger charge is 2.27. The van der Waals surface area contributed by atoms with E-state index in [-0.39, 0.29) is 11.2 Å². The predicted molar refractivity (Wildman–Crippen MR) is 63.9 cm³/mol. The van der Waals surface area contributed by atoms with E-state index in [0.717, 1.165) is 18.4 Å². The van der Waals surface area contributed by atoms with Crippen molar-refractivity contribution in [3.63, 3.8) is 0 Å². The van der Waals surface area contributed by atoms with Crippen LogP contribution in [-0.2, 0) is 4.79 Å². The third kappa shape index (κ3) is 2.75. The molecule has 0 saturated heterocycles. The van der Waals surface area contributed by atoms with Crippen molar-refractivity contribution < 1.29 is 4.79 Å². The predicted octanol–water partition coefficient (Wildman–Crippen LogP) is 2.37. The molecule has 1 amide bonds. The molecule has 0 heterocycles. The van der Waals surface area contributed by atoms with Gasteiger partial charge in [0.15, 0.2) is 0 Å². The van der Waals surface area contributed by atoms with Crippen molar-refractivity contribution in [3.05, 3.63) is 35.9 Å². The first kappa shape index (κ1) is 10.6. The average Bonchev–Trinajstić information content (AvgIpc) is 3.04. The van der Waals surface area contributed by atoms with Gasteiger partial charge in [-0.3, -0.25) is 4.79 Å². The summed E-state index contributed by atoms with van der Waals surface area (Å²) in [4.78, 5) is 11.9. The van der Waals surface area contributed by atoms with Crippen LogP contribution in [0.2, 0.25) is 0 Å². The number of benzene rings is 1. The van der Waals surface area contributed by atoms with E-state index >= 15 is 0 Å². The second-order valence-corrected chi connectivity index (χ2v) is 4.75. The topological polar surface area (TPSA) is 29.1 Å². The number of hydrogen-bond donors (Lipinski definition) is 1. The van der Waals surface area contributed by atoms with Crippen LogP contribution in [0, 0.1) is 0 Å². The number of thioether (sulfide) groups is 1. The minimum Gasteiger partial charge on any atom is -0.352 e. The summed E-state index contributed by atoms with van der Waals surface area (Å²) >= 11 is 1.59. The fraction of sp³-hybridized carbons (Fsp3) is 0.417. The molecule has 2 rings (SSSR count). The smallest absolute Gasteiger partial charge is 0.237 e. The maximum atomic E-state index is 11.9. The van der Waals surface area contributed by atoms with Crippen molar-refractivity contribution in [2.75, 3.05) is 6.26 Å². The lowest BCUT2D eigenvalue weighted by atomic mass is 10.1. The normalized spacial score (nSPS) is 17.1. The summed E-state index contributed by atoms with van der Waals surface area (Å²) in [6, 6.07) is 10.4. The Hall–Kier alpha value is -0.960. The highest BCUT2D eigenvalue weighted by molar-refractivity contribution is 7.99. The zero-order valence-electron chi connectivity index (χ0n) is 8.77. The van der Waals surface area contributed by atoms with Gasteiger partial charge in [-0.1, -0.05) is 30.3 Å². The molecule has 3 heteroatoms. The van der Waals surface area contributed by atoms with Gasteiger partial charge in [-0.05, 0) is 24.7 Å². The number of rotatable bonds is 4. The van der Waals surface area contributed by atoms with Gasteiger partial charge in [0, 0.05) is 6.04 Å². The lowest BCUT2D eigenvalue weighted by Crippen LogP contribution is -2.29. The molecule has 1 saturated carbocycles. The summed E-state index contributed by atoms with van der Waals surface area (Å²) < 4.78 is 0. The van der Waals surface area contributed by atoms with Crippen LogP contribution in [-0.4, -0.2) is 18.2 Å². The minimum atomic E-state index is -0.0631. The van der Waals surface area contributed by atoms with Gasteiger partial charge in [-0.15, -0.1) is 11.8 Å². The third-order valence-corrected chi connectivity index (χ3v) is 3.46. The van der Waals surface area contributed by atoms with Gasteiger partial charge < -0.3 is 5.32 Å². The molecular formula is C12H15NOS. The van der Waals surface area contributed by atoms with Crippen LogP contribution in [0.4, 0.5) is 0 Å². The third-order valence-electron chi connectivity index (χ3n) is 2.50. The molecule has 0 aliphatic heterocycles. The summed E-state index contributed by atoms with van der Waals surface area (Å²) in [5, 5.41) is 2.98. The summed E-state index contributed by atoms with van der Waals surface area (Å²) in [7, 11) is 0. The molecule has 1 N–H and O–H groups in total. The van der Waals surface area contributed by atoms with E-state index in [1.54, 1.807) is 11.8 Å². The Kier molecular flexibility index (Phi) is 3.31. The van der Waals surface area contributed by atoms with Gasteiger partial charge in [0.05, 0.1) is 0 Å². The van der Waals surface area contributed by atoms with Crippen LogP contribution >= 0.6 is 11.8 Å². The molecule has 0 spiro atoms. The Morgan fingerprint density at radius 1 is 1.40 bits per heavy atom. The highest BCUT2D eigenvalue weighted by atomic mass is 32.2. The van der Waals surface area contributed by atoms with E-state index < -0.39 is 0 Å². The van der Waals surface area contributed by atoms with Crippen molar-refractivity contribution in [3.8, 4) is 0 Å². The number of amides is 1. The molecule has 0 aromatic heterocycles. The Bertz CT molecular complexity index is 335. The first-order chi connectivity index (χ1) is 7.31. The summed E-state index contributed by atoms with van der Waals surface area (Å²) in [5.74, 6) is 0.149. The van der Waals surface area contributed by atoms with Crippen molar-refractivity contribution in [1.29, 1.82) is 0 Å². The van der Waals surface area contributed by atoms with E-state index in [1.807, 2.05) is 36.6 Å². The first-order valence-electron chi connectivity index (χ1n) is 5.19. The molecule has 0 bridgehead atoms. The Morgan fingerprint density at radius 2 is 2.07 bits per heavy atom. The molecular weight excluding hydrogens is 206 g/mol. The number of carbonyl (C=O) groups excluding carboxylic acids is 1. The molecule has 1 fully saturated rings. The summed E-state index contributed by atoms with van der Waals surface area (Å²) in [5.41, 5.74) is 1.09.